The molecule has 0 spiro atoms. The van der Waals surface area contributed by atoms with Gasteiger partial charge in [-0.2, -0.15) is 10.1 Å². The Morgan fingerprint density at radius 1 is 1.23 bits per heavy atom. The van der Waals surface area contributed by atoms with Crippen LogP contribution in [0.15, 0.2) is 53.3 Å². The molecule has 1 aliphatic rings. The van der Waals surface area contributed by atoms with E-state index in [1.165, 1.54) is 12.1 Å². The monoisotopic (exact) mass is 404 g/mol. The predicted octanol–water partition coefficient (Wildman–Crippen LogP) is 2.87. The summed E-state index contributed by atoms with van der Waals surface area (Å²) in [6.07, 6.45) is 3.86. The Morgan fingerprint density at radius 3 is 2.93 bits per heavy atom. The molecule has 0 atom stereocenters. The van der Waals surface area contributed by atoms with Gasteiger partial charge in [-0.3, -0.25) is 14.5 Å². The first-order chi connectivity index (χ1) is 14.6. The van der Waals surface area contributed by atoms with E-state index in [0.29, 0.717) is 36.3 Å². The van der Waals surface area contributed by atoms with Crippen LogP contribution in [0.25, 0.3) is 23.0 Å². The molecule has 150 valence electrons. The van der Waals surface area contributed by atoms with Gasteiger partial charge in [0.05, 0.1) is 12.1 Å². The van der Waals surface area contributed by atoms with E-state index in [1.807, 2.05) is 7.05 Å². The van der Waals surface area contributed by atoms with E-state index < -0.39 is 0 Å². The molecule has 0 bridgehead atoms. The van der Waals surface area contributed by atoms with Crippen LogP contribution in [0.5, 0.6) is 0 Å². The van der Waals surface area contributed by atoms with E-state index in [1.54, 1.807) is 46.2 Å². The van der Waals surface area contributed by atoms with Crippen molar-refractivity contribution in [2.75, 3.05) is 6.54 Å². The molecule has 3 aromatic heterocycles. The smallest absolute Gasteiger partial charge is 0.279 e. The first-order valence-electron chi connectivity index (χ1n) is 9.44. The second-order valence-corrected chi connectivity index (χ2v) is 7.05. The first kappa shape index (κ1) is 18.2. The van der Waals surface area contributed by atoms with Crippen LogP contribution in [0, 0.1) is 5.82 Å². The van der Waals surface area contributed by atoms with E-state index in [4.69, 9.17) is 4.52 Å². The van der Waals surface area contributed by atoms with Crippen LogP contribution in [-0.4, -0.2) is 42.3 Å². The van der Waals surface area contributed by atoms with Crippen molar-refractivity contribution in [2.45, 2.75) is 13.0 Å². The van der Waals surface area contributed by atoms with Crippen molar-refractivity contribution >= 4 is 5.91 Å². The van der Waals surface area contributed by atoms with Gasteiger partial charge in [0, 0.05) is 49.2 Å². The van der Waals surface area contributed by atoms with E-state index in [0.717, 1.165) is 11.3 Å². The van der Waals surface area contributed by atoms with Crippen molar-refractivity contribution in [1.29, 1.82) is 0 Å². The summed E-state index contributed by atoms with van der Waals surface area (Å²) in [5, 5.41) is 8.52. The molecule has 30 heavy (non-hydrogen) atoms. The topological polar surface area (TPSA) is 89.9 Å². The number of pyridine rings is 1. The van der Waals surface area contributed by atoms with Gasteiger partial charge in [0.2, 0.25) is 5.82 Å². The number of hydrogen-bond acceptors (Lipinski definition) is 6. The lowest BCUT2D eigenvalue weighted by Gasteiger charge is -2.27. The van der Waals surface area contributed by atoms with Gasteiger partial charge < -0.3 is 9.42 Å². The third-order valence-electron chi connectivity index (χ3n) is 5.15. The largest absolute Gasteiger partial charge is 0.334 e. The molecule has 5 rings (SSSR count). The Kier molecular flexibility index (Phi) is 4.35. The number of hydrogen-bond donors (Lipinski definition) is 0. The minimum Gasteiger partial charge on any atom is -0.334 e. The molecular weight excluding hydrogens is 387 g/mol. The van der Waals surface area contributed by atoms with E-state index >= 15 is 0 Å². The van der Waals surface area contributed by atoms with Crippen molar-refractivity contribution in [2.24, 2.45) is 7.05 Å². The predicted molar refractivity (Wildman–Crippen MR) is 105 cm³/mol. The molecule has 0 saturated carbocycles. The Bertz CT molecular complexity index is 1230. The number of aromatic nitrogens is 5. The van der Waals surface area contributed by atoms with Crippen LogP contribution in [0.4, 0.5) is 4.39 Å². The highest BCUT2D eigenvalue weighted by molar-refractivity contribution is 5.94. The van der Waals surface area contributed by atoms with Gasteiger partial charge in [-0.1, -0.05) is 17.3 Å². The summed E-state index contributed by atoms with van der Waals surface area (Å²) in [4.78, 5) is 23.1. The molecule has 1 amide bonds. The summed E-state index contributed by atoms with van der Waals surface area (Å²) in [5.74, 6) is 0.0537. The number of carbonyl (C=O) groups excluding carboxylic acids is 1. The molecule has 4 aromatic rings. The number of benzene rings is 1. The average molecular weight is 404 g/mol. The number of aryl methyl sites for hydroxylation is 1. The quantitative estimate of drug-likeness (QED) is 0.522. The lowest BCUT2D eigenvalue weighted by Crippen LogP contribution is -2.36. The number of amides is 1. The summed E-state index contributed by atoms with van der Waals surface area (Å²) in [7, 11) is 1.85. The van der Waals surface area contributed by atoms with E-state index in [2.05, 4.69) is 20.2 Å². The highest BCUT2D eigenvalue weighted by Gasteiger charge is 2.30. The number of nitrogens with zero attached hydrogens (tertiary/aromatic N) is 6. The van der Waals surface area contributed by atoms with Gasteiger partial charge in [-0.15, -0.1) is 0 Å². The fourth-order valence-electron chi connectivity index (χ4n) is 3.67. The van der Waals surface area contributed by atoms with Crippen LogP contribution < -0.4 is 0 Å². The molecule has 0 saturated heterocycles. The molecule has 0 fully saturated rings. The van der Waals surface area contributed by atoms with Crippen LogP contribution in [0.3, 0.4) is 0 Å². The van der Waals surface area contributed by atoms with Crippen molar-refractivity contribution in [3.63, 3.8) is 0 Å². The molecule has 1 aromatic carbocycles. The van der Waals surface area contributed by atoms with E-state index in [-0.39, 0.29) is 23.4 Å². The van der Waals surface area contributed by atoms with Gasteiger partial charge in [0.15, 0.2) is 5.69 Å². The first-order valence-corrected chi connectivity index (χ1v) is 9.44. The van der Waals surface area contributed by atoms with E-state index in [9.17, 15) is 9.18 Å². The molecular formula is C21H17FN6O2. The maximum absolute atomic E-state index is 13.5. The van der Waals surface area contributed by atoms with Crippen molar-refractivity contribution in [3.8, 4) is 23.0 Å². The van der Waals surface area contributed by atoms with Crippen LogP contribution in [-0.2, 0) is 20.0 Å². The number of fused-ring (bicyclic) bond motifs is 1. The second kappa shape index (κ2) is 7.18. The molecule has 1 aliphatic heterocycles. The Morgan fingerprint density at radius 2 is 2.13 bits per heavy atom. The highest BCUT2D eigenvalue weighted by Crippen LogP contribution is 2.30. The summed E-state index contributed by atoms with van der Waals surface area (Å²) in [6, 6.07) is 9.48. The third kappa shape index (κ3) is 3.14. The Balaban J connectivity index is 1.47. The summed E-state index contributed by atoms with van der Waals surface area (Å²) >= 11 is 0. The van der Waals surface area contributed by atoms with Crippen LogP contribution in [0.1, 0.15) is 21.6 Å². The number of rotatable bonds is 3. The molecule has 9 heteroatoms. The maximum atomic E-state index is 13.5. The second-order valence-electron chi connectivity index (χ2n) is 7.05. The number of carbonyl (C=O) groups is 1. The zero-order valence-corrected chi connectivity index (χ0v) is 16.1. The van der Waals surface area contributed by atoms with Crippen LogP contribution in [0.2, 0.25) is 0 Å². The average Bonchev–Trinajstić information content (AvgIpc) is 3.39. The molecule has 8 nitrogen and oxygen atoms in total. The lowest BCUT2D eigenvalue weighted by atomic mass is 10.0. The van der Waals surface area contributed by atoms with Gasteiger partial charge in [0.25, 0.3) is 11.8 Å². The van der Waals surface area contributed by atoms with Gasteiger partial charge >= 0.3 is 0 Å². The molecule has 0 unspecified atom stereocenters. The molecule has 0 aliphatic carbocycles. The Labute approximate surface area is 171 Å². The third-order valence-corrected chi connectivity index (χ3v) is 5.15. The van der Waals surface area contributed by atoms with Crippen molar-refractivity contribution in [3.05, 3.63) is 71.4 Å². The highest BCUT2D eigenvalue weighted by atomic mass is 19.1. The zero-order valence-electron chi connectivity index (χ0n) is 16.1. The molecule has 4 heterocycles. The summed E-state index contributed by atoms with van der Waals surface area (Å²) < 4.78 is 20.7. The summed E-state index contributed by atoms with van der Waals surface area (Å²) in [6.45, 7) is 0.960. The van der Waals surface area contributed by atoms with Crippen molar-refractivity contribution in [1.82, 2.24) is 29.8 Å². The maximum Gasteiger partial charge on any atom is 0.279 e. The normalized spacial score (nSPS) is 13.3. The minimum atomic E-state index is -0.376. The van der Waals surface area contributed by atoms with Gasteiger partial charge in [-0.05, 0) is 24.3 Å². The zero-order chi connectivity index (χ0) is 20.7. The van der Waals surface area contributed by atoms with Gasteiger partial charge in [0.1, 0.15) is 5.82 Å². The minimum absolute atomic E-state index is 0.0884. The SMILES string of the molecule is Cn1nc(-c2nc(-c3cccc(F)c3)no2)c2c1CCN(C(=O)c1cccnc1)C2. The Hall–Kier alpha value is -3.88. The summed E-state index contributed by atoms with van der Waals surface area (Å²) in [5.41, 5.74) is 3.48. The number of halogens is 1. The van der Waals surface area contributed by atoms with Crippen LogP contribution >= 0.6 is 0 Å². The standard InChI is InChI=1S/C21H17FN6O2/c1-27-17-7-9-28(21(29)14-5-3-8-23-11-14)12-16(17)18(25-27)20-24-19(26-30-20)13-4-2-6-15(22)10-13/h2-6,8,10-11H,7,9,12H2,1H3. The molecule has 0 N–H and O–H groups in total. The van der Waals surface area contributed by atoms with Gasteiger partial charge in [-0.25, -0.2) is 4.39 Å². The molecule has 0 radical (unpaired) electrons. The lowest BCUT2D eigenvalue weighted by molar-refractivity contribution is 0.0733. The van der Waals surface area contributed by atoms with Crippen molar-refractivity contribution < 1.29 is 13.7 Å². The fourth-order valence-corrected chi connectivity index (χ4v) is 3.67. The fraction of sp³-hybridized carbons (Fsp3) is 0.190.